The van der Waals surface area contributed by atoms with Crippen LogP contribution in [0.3, 0.4) is 0 Å². The van der Waals surface area contributed by atoms with Crippen LogP contribution in [-0.2, 0) is 0 Å². The van der Waals surface area contributed by atoms with Crippen LogP contribution in [0.25, 0.3) is 22.0 Å². The van der Waals surface area contributed by atoms with Crippen LogP contribution in [0.1, 0.15) is 6.92 Å². The van der Waals surface area contributed by atoms with Crippen LogP contribution < -0.4 is 9.64 Å². The molecule has 26 heavy (non-hydrogen) atoms. The van der Waals surface area contributed by atoms with Gasteiger partial charge in [-0.2, -0.15) is 0 Å². The molecule has 5 nitrogen and oxygen atoms in total. The fourth-order valence-electron chi connectivity index (χ4n) is 3.53. The largest absolute Gasteiger partial charge is 0.481 e. The van der Waals surface area contributed by atoms with E-state index in [0.717, 1.165) is 49.8 Å². The highest BCUT2D eigenvalue weighted by Gasteiger charge is 2.19. The monoisotopic (exact) mass is 348 g/mol. The second-order valence-electron chi connectivity index (χ2n) is 6.56. The van der Waals surface area contributed by atoms with Gasteiger partial charge in [0.05, 0.1) is 12.8 Å². The Kier molecular flexibility index (Phi) is 4.71. The van der Waals surface area contributed by atoms with E-state index >= 15 is 0 Å². The Hall–Kier alpha value is -2.66. The van der Waals surface area contributed by atoms with Crippen molar-refractivity contribution in [1.29, 1.82) is 0 Å². The number of likely N-dealkylation sites (N-methyl/N-ethyl adjacent to an activating group) is 1. The molecule has 1 aromatic carbocycles. The molecule has 0 bridgehead atoms. The predicted octanol–water partition coefficient (Wildman–Crippen LogP) is 3.45. The normalized spacial score (nSPS) is 15.4. The maximum atomic E-state index is 5.28. The van der Waals surface area contributed by atoms with Gasteiger partial charge in [-0.25, -0.2) is 9.97 Å². The van der Waals surface area contributed by atoms with Gasteiger partial charge < -0.3 is 14.5 Å². The lowest BCUT2D eigenvalue weighted by Gasteiger charge is -2.35. The van der Waals surface area contributed by atoms with Gasteiger partial charge >= 0.3 is 0 Å². The van der Waals surface area contributed by atoms with E-state index in [1.54, 1.807) is 13.3 Å². The van der Waals surface area contributed by atoms with Crippen molar-refractivity contribution in [3.8, 4) is 17.1 Å². The van der Waals surface area contributed by atoms with Crippen LogP contribution in [0.4, 0.5) is 5.82 Å². The molecular formula is C21H24N4O. The number of piperazine rings is 1. The number of benzene rings is 1. The summed E-state index contributed by atoms with van der Waals surface area (Å²) in [6, 6.07) is 14.6. The SMILES string of the molecule is CCN1CCN(c2nc(-c3ccnc(OC)c3)cc3ccccc23)CC1. The third-order valence-corrected chi connectivity index (χ3v) is 5.08. The van der Waals surface area contributed by atoms with Crippen LogP contribution in [0, 0.1) is 0 Å². The van der Waals surface area contributed by atoms with E-state index in [-0.39, 0.29) is 0 Å². The van der Waals surface area contributed by atoms with Gasteiger partial charge in [0.1, 0.15) is 5.82 Å². The van der Waals surface area contributed by atoms with Crippen molar-refractivity contribution < 1.29 is 4.74 Å². The van der Waals surface area contributed by atoms with E-state index in [1.807, 2.05) is 12.1 Å². The quantitative estimate of drug-likeness (QED) is 0.722. The summed E-state index contributed by atoms with van der Waals surface area (Å²) in [4.78, 5) is 14.2. The summed E-state index contributed by atoms with van der Waals surface area (Å²) in [5.41, 5.74) is 1.98. The third kappa shape index (κ3) is 3.22. The number of aromatic nitrogens is 2. The lowest BCUT2D eigenvalue weighted by Crippen LogP contribution is -2.46. The molecule has 0 N–H and O–H groups in total. The van der Waals surface area contributed by atoms with Crippen molar-refractivity contribution in [2.45, 2.75) is 6.92 Å². The predicted molar refractivity (Wildman–Crippen MR) is 106 cm³/mol. The molecule has 0 amide bonds. The van der Waals surface area contributed by atoms with Gasteiger partial charge in [-0.3, -0.25) is 0 Å². The number of nitrogens with zero attached hydrogens (tertiary/aromatic N) is 4. The van der Waals surface area contributed by atoms with Crippen LogP contribution in [-0.4, -0.2) is 54.7 Å². The number of hydrogen-bond donors (Lipinski definition) is 0. The van der Waals surface area contributed by atoms with E-state index in [4.69, 9.17) is 9.72 Å². The summed E-state index contributed by atoms with van der Waals surface area (Å²) in [6.45, 7) is 7.52. The standard InChI is InChI=1S/C21H24N4O/c1-3-24-10-12-25(13-11-24)21-18-7-5-4-6-16(18)14-19(23-21)17-8-9-22-20(15-17)26-2/h4-9,14-15H,3,10-13H2,1-2H3. The van der Waals surface area contributed by atoms with Gasteiger partial charge in [0.25, 0.3) is 0 Å². The Labute approximate surface area is 154 Å². The molecule has 3 heterocycles. The Bertz CT molecular complexity index is 903. The molecule has 2 aromatic heterocycles. The first-order chi connectivity index (χ1) is 12.8. The zero-order valence-electron chi connectivity index (χ0n) is 15.4. The number of hydrogen-bond acceptors (Lipinski definition) is 5. The zero-order chi connectivity index (χ0) is 17.9. The fraction of sp³-hybridized carbons (Fsp3) is 0.333. The minimum Gasteiger partial charge on any atom is -0.481 e. The highest BCUT2D eigenvalue weighted by Crippen LogP contribution is 2.31. The van der Waals surface area contributed by atoms with Crippen LogP contribution in [0.2, 0.25) is 0 Å². The molecule has 0 aliphatic carbocycles. The van der Waals surface area contributed by atoms with Crippen molar-refractivity contribution in [2.24, 2.45) is 0 Å². The van der Waals surface area contributed by atoms with E-state index in [1.165, 1.54) is 10.8 Å². The maximum absolute atomic E-state index is 5.28. The van der Waals surface area contributed by atoms with E-state index in [9.17, 15) is 0 Å². The molecule has 0 radical (unpaired) electrons. The fourth-order valence-corrected chi connectivity index (χ4v) is 3.53. The summed E-state index contributed by atoms with van der Waals surface area (Å²) in [5.74, 6) is 1.68. The number of methoxy groups -OCH3 is 1. The highest BCUT2D eigenvalue weighted by atomic mass is 16.5. The van der Waals surface area contributed by atoms with Crippen molar-refractivity contribution in [3.63, 3.8) is 0 Å². The number of fused-ring (bicyclic) bond motifs is 1. The Morgan fingerprint density at radius 3 is 2.62 bits per heavy atom. The lowest BCUT2D eigenvalue weighted by atomic mass is 10.1. The minimum atomic E-state index is 0.607. The summed E-state index contributed by atoms with van der Waals surface area (Å²) < 4.78 is 5.28. The molecule has 0 atom stereocenters. The van der Waals surface area contributed by atoms with Crippen LogP contribution >= 0.6 is 0 Å². The van der Waals surface area contributed by atoms with Gasteiger partial charge in [-0.15, -0.1) is 0 Å². The Morgan fingerprint density at radius 1 is 1.04 bits per heavy atom. The average Bonchev–Trinajstić information content (AvgIpc) is 2.73. The van der Waals surface area contributed by atoms with E-state index in [0.29, 0.717) is 5.88 Å². The number of anilines is 1. The zero-order valence-corrected chi connectivity index (χ0v) is 15.4. The minimum absolute atomic E-state index is 0.607. The van der Waals surface area contributed by atoms with Crippen molar-refractivity contribution in [3.05, 3.63) is 48.7 Å². The molecule has 0 saturated carbocycles. The highest BCUT2D eigenvalue weighted by molar-refractivity contribution is 5.95. The van der Waals surface area contributed by atoms with Gasteiger partial charge in [-0.1, -0.05) is 31.2 Å². The van der Waals surface area contributed by atoms with Gasteiger partial charge in [0.2, 0.25) is 5.88 Å². The Balaban J connectivity index is 1.78. The van der Waals surface area contributed by atoms with Crippen LogP contribution in [0.15, 0.2) is 48.7 Å². The molecule has 1 saturated heterocycles. The molecule has 1 aliphatic rings. The smallest absolute Gasteiger partial charge is 0.213 e. The van der Waals surface area contributed by atoms with Crippen LogP contribution in [0.5, 0.6) is 5.88 Å². The summed E-state index contributed by atoms with van der Waals surface area (Å²) in [7, 11) is 1.64. The number of ether oxygens (including phenoxy) is 1. The third-order valence-electron chi connectivity index (χ3n) is 5.08. The second kappa shape index (κ2) is 7.30. The lowest BCUT2D eigenvalue weighted by molar-refractivity contribution is 0.271. The van der Waals surface area contributed by atoms with Crippen molar-refractivity contribution in [2.75, 3.05) is 44.7 Å². The van der Waals surface area contributed by atoms with Crippen molar-refractivity contribution in [1.82, 2.24) is 14.9 Å². The second-order valence-corrected chi connectivity index (χ2v) is 6.56. The first-order valence-corrected chi connectivity index (χ1v) is 9.16. The van der Waals surface area contributed by atoms with Gasteiger partial charge in [0, 0.05) is 49.4 Å². The molecular weight excluding hydrogens is 324 g/mol. The van der Waals surface area contributed by atoms with E-state index < -0.39 is 0 Å². The molecule has 3 aromatic rings. The van der Waals surface area contributed by atoms with Gasteiger partial charge in [-0.05, 0) is 24.1 Å². The molecule has 5 heteroatoms. The number of pyridine rings is 2. The first-order valence-electron chi connectivity index (χ1n) is 9.16. The average molecular weight is 348 g/mol. The molecule has 1 fully saturated rings. The summed E-state index contributed by atoms with van der Waals surface area (Å²) in [6.07, 6.45) is 1.77. The summed E-state index contributed by atoms with van der Waals surface area (Å²) in [5, 5.41) is 2.42. The first kappa shape index (κ1) is 16.8. The Morgan fingerprint density at radius 2 is 1.85 bits per heavy atom. The maximum Gasteiger partial charge on any atom is 0.213 e. The molecule has 1 aliphatic heterocycles. The van der Waals surface area contributed by atoms with Gasteiger partial charge in [0.15, 0.2) is 0 Å². The molecule has 4 rings (SSSR count). The van der Waals surface area contributed by atoms with Crippen molar-refractivity contribution >= 4 is 16.6 Å². The van der Waals surface area contributed by atoms with E-state index in [2.05, 4.69) is 52.0 Å². The molecule has 0 unspecified atom stereocenters. The molecule has 134 valence electrons. The summed E-state index contributed by atoms with van der Waals surface area (Å²) >= 11 is 0. The number of rotatable bonds is 4. The topological polar surface area (TPSA) is 41.5 Å². The molecule has 0 spiro atoms.